The third-order valence-electron chi connectivity index (χ3n) is 10.1. The fourth-order valence-electron chi connectivity index (χ4n) is 8.68. The van der Waals surface area contributed by atoms with Crippen molar-refractivity contribution in [1.82, 2.24) is 0 Å². The summed E-state index contributed by atoms with van der Waals surface area (Å²) in [7, 11) is 0. The van der Waals surface area contributed by atoms with Crippen LogP contribution >= 0.6 is 0 Å². The van der Waals surface area contributed by atoms with Crippen LogP contribution in [-0.2, 0) is 5.54 Å². The van der Waals surface area contributed by atoms with Crippen molar-refractivity contribution in [2.24, 2.45) is 33.7 Å². The highest BCUT2D eigenvalue weighted by Gasteiger charge is 2.74. The van der Waals surface area contributed by atoms with E-state index in [1.54, 1.807) is 0 Å². The van der Waals surface area contributed by atoms with Gasteiger partial charge in [-0.25, -0.2) is 0 Å². The Kier molecular flexibility index (Phi) is 4.87. The molecule has 8 atom stereocenters. The maximum absolute atomic E-state index is 11.7. The molecule has 1 heterocycles. The molecular weight excluding hydrogens is 388 g/mol. The Morgan fingerprint density at radius 2 is 1.81 bits per heavy atom. The SMILES string of the molecule is CC(=NO)[C@@]1([n+]2ccccc2)[C@H](O)CC2C3CC=C4CC(O)CCC4(C)C3CCC21C. The van der Waals surface area contributed by atoms with Crippen LogP contribution in [0.15, 0.2) is 47.4 Å². The highest BCUT2D eigenvalue weighted by Crippen LogP contribution is 2.68. The molecule has 4 aliphatic rings. The Bertz CT molecular complexity index is 914. The van der Waals surface area contributed by atoms with Gasteiger partial charge in [-0.2, -0.15) is 4.57 Å². The predicted molar refractivity (Wildman–Crippen MR) is 119 cm³/mol. The zero-order valence-electron chi connectivity index (χ0n) is 19.0. The van der Waals surface area contributed by atoms with Gasteiger partial charge in [-0.3, -0.25) is 0 Å². The van der Waals surface area contributed by atoms with Crippen molar-refractivity contribution in [1.29, 1.82) is 0 Å². The molecule has 3 N–H and O–H groups in total. The molecule has 5 nitrogen and oxygen atoms in total. The number of allylic oxidation sites excluding steroid dienone is 1. The van der Waals surface area contributed by atoms with Crippen LogP contribution < -0.4 is 4.57 Å². The minimum atomic E-state index is -0.744. The minimum absolute atomic E-state index is 0.166. The summed E-state index contributed by atoms with van der Waals surface area (Å²) >= 11 is 0. The van der Waals surface area contributed by atoms with Gasteiger partial charge in [0.15, 0.2) is 12.4 Å². The lowest BCUT2D eigenvalue weighted by molar-refractivity contribution is -0.766. The summed E-state index contributed by atoms with van der Waals surface area (Å²) in [4.78, 5) is 0. The van der Waals surface area contributed by atoms with Gasteiger partial charge in [0, 0.05) is 17.5 Å². The van der Waals surface area contributed by atoms with Gasteiger partial charge in [0.05, 0.1) is 6.10 Å². The first kappa shape index (κ1) is 21.1. The van der Waals surface area contributed by atoms with E-state index >= 15 is 0 Å². The molecule has 0 aliphatic heterocycles. The topological polar surface area (TPSA) is 76.9 Å². The maximum Gasteiger partial charge on any atom is 0.239 e. The van der Waals surface area contributed by atoms with Crippen molar-refractivity contribution in [2.75, 3.05) is 0 Å². The largest absolute Gasteiger partial charge is 0.411 e. The summed E-state index contributed by atoms with van der Waals surface area (Å²) in [6.45, 7) is 6.62. The molecule has 1 aromatic rings. The quantitative estimate of drug-likeness (QED) is 0.222. The number of rotatable bonds is 2. The van der Waals surface area contributed by atoms with Crippen LogP contribution in [0.25, 0.3) is 0 Å². The van der Waals surface area contributed by atoms with E-state index in [1.807, 2.05) is 37.5 Å². The number of pyridine rings is 1. The number of aliphatic hydroxyl groups excluding tert-OH is 2. The van der Waals surface area contributed by atoms with Crippen molar-refractivity contribution < 1.29 is 20.0 Å². The summed E-state index contributed by atoms with van der Waals surface area (Å²) < 4.78 is 2.11. The molecule has 0 bridgehead atoms. The van der Waals surface area contributed by atoms with Crippen molar-refractivity contribution in [3.8, 4) is 0 Å². The normalized spacial score (nSPS) is 47.2. The first-order valence-electron chi connectivity index (χ1n) is 12.0. The van der Waals surface area contributed by atoms with Gasteiger partial charge in [0.1, 0.15) is 11.8 Å². The zero-order valence-corrected chi connectivity index (χ0v) is 19.0. The molecule has 3 saturated carbocycles. The summed E-state index contributed by atoms with van der Waals surface area (Å²) in [6, 6.07) is 5.97. The lowest BCUT2D eigenvalue weighted by Gasteiger charge is -2.58. The van der Waals surface area contributed by atoms with Gasteiger partial charge >= 0.3 is 0 Å². The van der Waals surface area contributed by atoms with E-state index in [4.69, 9.17) is 0 Å². The fraction of sp³-hybridized carbons (Fsp3) is 0.692. The zero-order chi connectivity index (χ0) is 22.0. The third-order valence-corrected chi connectivity index (χ3v) is 10.1. The second kappa shape index (κ2) is 7.14. The number of aromatic nitrogens is 1. The van der Waals surface area contributed by atoms with Gasteiger partial charge in [-0.1, -0.05) is 36.7 Å². The number of oxime groups is 1. The molecule has 6 unspecified atom stereocenters. The average molecular weight is 426 g/mol. The number of hydrogen-bond acceptors (Lipinski definition) is 4. The van der Waals surface area contributed by atoms with Gasteiger partial charge in [-0.15, -0.1) is 0 Å². The van der Waals surface area contributed by atoms with Crippen LogP contribution in [0.5, 0.6) is 0 Å². The van der Waals surface area contributed by atoms with Crippen LogP contribution in [-0.4, -0.2) is 33.3 Å². The Labute approximate surface area is 185 Å². The molecule has 5 heteroatoms. The molecular formula is C26H37N2O3+. The van der Waals surface area contributed by atoms with Crippen molar-refractivity contribution in [2.45, 2.75) is 83.5 Å². The first-order chi connectivity index (χ1) is 14.8. The van der Waals surface area contributed by atoms with Crippen LogP contribution in [0.4, 0.5) is 0 Å². The summed E-state index contributed by atoms with van der Waals surface area (Å²) in [5.74, 6) is 1.45. The molecule has 0 saturated heterocycles. The van der Waals surface area contributed by atoms with Crippen LogP contribution in [0, 0.1) is 28.6 Å². The highest BCUT2D eigenvalue weighted by atomic mass is 16.4. The molecule has 0 spiro atoms. The standard InChI is InChI=1S/C26H36N2O3/c1-17(27-31)26(28-13-5-4-6-14-28)23(30)16-22-20-8-7-18-15-19(29)9-11-24(18,2)21(20)10-12-25(22,26)3/h4-7,13-14,19-23,29-30H,8-12,15-16H2,1-3H3/p+1/t19?,20?,21?,22?,23-,24?,25?,26-/m1/s1. The van der Waals surface area contributed by atoms with Crippen LogP contribution in [0.3, 0.4) is 0 Å². The molecule has 31 heavy (non-hydrogen) atoms. The van der Waals surface area contributed by atoms with Gasteiger partial charge in [-0.05, 0) is 75.0 Å². The Morgan fingerprint density at radius 3 is 2.52 bits per heavy atom. The first-order valence-corrected chi connectivity index (χ1v) is 12.0. The molecule has 3 fully saturated rings. The third kappa shape index (κ3) is 2.62. The highest BCUT2D eigenvalue weighted by molar-refractivity contribution is 5.89. The van der Waals surface area contributed by atoms with Gasteiger partial charge in [0.2, 0.25) is 5.54 Å². The fourth-order valence-corrected chi connectivity index (χ4v) is 8.68. The average Bonchev–Trinajstić information content (AvgIpc) is 3.01. The second-order valence-electron chi connectivity index (χ2n) is 11.1. The smallest absolute Gasteiger partial charge is 0.239 e. The van der Waals surface area contributed by atoms with Gasteiger partial charge < -0.3 is 15.4 Å². The van der Waals surface area contributed by atoms with E-state index in [0.717, 1.165) is 44.9 Å². The molecule has 0 radical (unpaired) electrons. The Morgan fingerprint density at radius 1 is 1.06 bits per heavy atom. The number of hydrogen-bond donors (Lipinski definition) is 3. The maximum atomic E-state index is 11.7. The molecule has 0 amide bonds. The summed E-state index contributed by atoms with van der Waals surface area (Å²) in [5, 5.41) is 35.5. The molecule has 5 rings (SSSR count). The number of nitrogens with zero attached hydrogens (tertiary/aromatic N) is 2. The van der Waals surface area contributed by atoms with E-state index < -0.39 is 11.6 Å². The summed E-state index contributed by atoms with van der Waals surface area (Å²) in [6.07, 6.45) is 12.3. The van der Waals surface area contributed by atoms with Crippen LogP contribution in [0.1, 0.15) is 65.7 Å². The van der Waals surface area contributed by atoms with E-state index in [-0.39, 0.29) is 16.9 Å². The monoisotopic (exact) mass is 425 g/mol. The van der Waals surface area contributed by atoms with E-state index in [2.05, 4.69) is 29.6 Å². The van der Waals surface area contributed by atoms with Crippen molar-refractivity contribution >= 4 is 5.71 Å². The van der Waals surface area contributed by atoms with E-state index in [1.165, 1.54) is 5.57 Å². The number of fused-ring (bicyclic) bond motifs is 5. The molecule has 0 aromatic carbocycles. The lowest BCUT2D eigenvalue weighted by atomic mass is 9.46. The Hall–Kier alpha value is -1.72. The minimum Gasteiger partial charge on any atom is -0.411 e. The second-order valence-corrected chi connectivity index (χ2v) is 11.1. The summed E-state index contributed by atoms with van der Waals surface area (Å²) in [5.41, 5.74) is 1.28. The van der Waals surface area contributed by atoms with Crippen LogP contribution in [0.2, 0.25) is 0 Å². The van der Waals surface area contributed by atoms with Crippen molar-refractivity contribution in [3.05, 3.63) is 42.2 Å². The number of aliphatic hydroxyl groups is 2. The van der Waals surface area contributed by atoms with E-state index in [9.17, 15) is 15.4 Å². The molecule has 1 aromatic heterocycles. The predicted octanol–water partition coefficient (Wildman–Crippen LogP) is 3.81. The lowest BCUT2D eigenvalue weighted by Crippen LogP contribution is -2.72. The van der Waals surface area contributed by atoms with Gasteiger partial charge in [0.25, 0.3) is 0 Å². The van der Waals surface area contributed by atoms with E-state index in [0.29, 0.717) is 23.5 Å². The molecule has 4 aliphatic carbocycles. The Balaban J connectivity index is 1.61. The van der Waals surface area contributed by atoms with Crippen molar-refractivity contribution in [3.63, 3.8) is 0 Å². The molecule has 168 valence electrons.